The highest BCUT2D eigenvalue weighted by Gasteiger charge is 2.21. The smallest absolute Gasteiger partial charge is 0.414 e. The van der Waals surface area contributed by atoms with Crippen LogP contribution in [0.3, 0.4) is 0 Å². The summed E-state index contributed by atoms with van der Waals surface area (Å²) in [5, 5.41) is 0. The number of anilines is 1. The molecule has 0 saturated carbocycles. The van der Waals surface area contributed by atoms with Gasteiger partial charge in [0.05, 0.1) is 23.8 Å². The van der Waals surface area contributed by atoms with E-state index in [9.17, 15) is 9.18 Å². The number of nitrogens with zero attached hydrogens (tertiary/aromatic N) is 4. The van der Waals surface area contributed by atoms with Crippen LogP contribution in [0.25, 0.3) is 16.9 Å². The Kier molecular flexibility index (Phi) is 4.16. The number of imidazole rings is 1. The molecule has 25 heavy (non-hydrogen) atoms. The minimum atomic E-state index is -0.588. The quantitative estimate of drug-likeness (QED) is 0.708. The summed E-state index contributed by atoms with van der Waals surface area (Å²) in [6.45, 7) is 5.42. The van der Waals surface area contributed by atoms with Gasteiger partial charge in [0, 0.05) is 25.0 Å². The maximum absolute atomic E-state index is 14.1. The number of fused-ring (bicyclic) bond motifs is 1. The summed E-state index contributed by atoms with van der Waals surface area (Å²) in [7, 11) is 1.62. The lowest BCUT2D eigenvalue weighted by atomic mass is 10.2. The Hall–Kier alpha value is -2.96. The minimum Gasteiger partial charge on any atom is -0.443 e. The van der Waals surface area contributed by atoms with E-state index in [-0.39, 0.29) is 0 Å². The van der Waals surface area contributed by atoms with E-state index in [0.717, 1.165) is 6.20 Å². The van der Waals surface area contributed by atoms with Crippen LogP contribution in [0.15, 0.2) is 43.0 Å². The number of hydrogen-bond acceptors (Lipinski definition) is 4. The third-order valence-corrected chi connectivity index (χ3v) is 3.59. The number of ether oxygens (including phenoxy) is 1. The SMILES string of the molecule is CN(C(=O)OC(C)(C)C)c1ccc2ncc(-c3ccncc3F)n2c1. The Balaban J connectivity index is 2.01. The van der Waals surface area contributed by atoms with Gasteiger partial charge in [-0.15, -0.1) is 0 Å². The fraction of sp³-hybridized carbons (Fsp3) is 0.278. The first-order valence-corrected chi connectivity index (χ1v) is 7.80. The van der Waals surface area contributed by atoms with Crippen LogP contribution >= 0.6 is 0 Å². The maximum Gasteiger partial charge on any atom is 0.414 e. The molecule has 0 unspecified atom stereocenters. The fourth-order valence-electron chi connectivity index (χ4n) is 2.39. The van der Waals surface area contributed by atoms with Crippen molar-refractivity contribution in [2.75, 3.05) is 11.9 Å². The van der Waals surface area contributed by atoms with Gasteiger partial charge in [-0.2, -0.15) is 0 Å². The van der Waals surface area contributed by atoms with Crippen molar-refractivity contribution >= 4 is 17.4 Å². The van der Waals surface area contributed by atoms with E-state index in [1.54, 1.807) is 42.0 Å². The van der Waals surface area contributed by atoms with Crippen LogP contribution < -0.4 is 4.90 Å². The number of amides is 1. The molecule has 0 atom stereocenters. The molecule has 0 fully saturated rings. The zero-order valence-electron chi connectivity index (χ0n) is 14.5. The van der Waals surface area contributed by atoms with E-state index in [4.69, 9.17) is 4.74 Å². The molecule has 0 aliphatic rings. The Labute approximate surface area is 144 Å². The molecule has 3 aromatic heterocycles. The zero-order valence-corrected chi connectivity index (χ0v) is 14.5. The molecule has 0 spiro atoms. The summed E-state index contributed by atoms with van der Waals surface area (Å²) in [6.07, 6.45) is 5.52. The first-order chi connectivity index (χ1) is 11.8. The van der Waals surface area contributed by atoms with Crippen LogP contribution in [0.5, 0.6) is 0 Å². The topological polar surface area (TPSA) is 59.7 Å². The third kappa shape index (κ3) is 3.45. The molecule has 0 aromatic carbocycles. The van der Waals surface area contributed by atoms with Crippen molar-refractivity contribution in [3.63, 3.8) is 0 Å². The summed E-state index contributed by atoms with van der Waals surface area (Å²) >= 11 is 0. The predicted molar refractivity (Wildman–Crippen MR) is 93.0 cm³/mol. The van der Waals surface area contributed by atoms with E-state index in [2.05, 4.69) is 9.97 Å². The van der Waals surface area contributed by atoms with E-state index >= 15 is 0 Å². The van der Waals surface area contributed by atoms with Gasteiger partial charge < -0.3 is 4.74 Å². The van der Waals surface area contributed by atoms with E-state index in [1.165, 1.54) is 11.1 Å². The number of carbonyl (C=O) groups is 1. The highest BCUT2D eigenvalue weighted by molar-refractivity contribution is 5.87. The standard InChI is InChI=1S/C18H19FN4O2/c1-18(2,3)25-17(24)22(4)12-5-6-16-21-10-15(23(16)11-12)13-7-8-20-9-14(13)19/h5-11H,1-4H3. The van der Waals surface area contributed by atoms with Gasteiger partial charge in [-0.25, -0.2) is 14.2 Å². The molecule has 3 aromatic rings. The van der Waals surface area contributed by atoms with Crippen molar-refractivity contribution in [2.45, 2.75) is 26.4 Å². The van der Waals surface area contributed by atoms with Gasteiger partial charge >= 0.3 is 6.09 Å². The van der Waals surface area contributed by atoms with Crippen molar-refractivity contribution in [2.24, 2.45) is 0 Å². The second-order valence-corrected chi connectivity index (χ2v) is 6.65. The van der Waals surface area contributed by atoms with Gasteiger partial charge in [-0.05, 0) is 39.0 Å². The van der Waals surface area contributed by atoms with Gasteiger partial charge in [0.15, 0.2) is 5.82 Å². The lowest BCUT2D eigenvalue weighted by Crippen LogP contribution is -2.34. The Morgan fingerprint density at radius 3 is 2.68 bits per heavy atom. The molecule has 0 aliphatic heterocycles. The molecule has 6 nitrogen and oxygen atoms in total. The van der Waals surface area contributed by atoms with Crippen molar-refractivity contribution in [3.05, 3.63) is 48.8 Å². The highest BCUT2D eigenvalue weighted by Crippen LogP contribution is 2.25. The van der Waals surface area contributed by atoms with Crippen LogP contribution in [0.4, 0.5) is 14.9 Å². The average Bonchev–Trinajstić information content (AvgIpc) is 2.96. The summed E-state index contributed by atoms with van der Waals surface area (Å²) in [4.78, 5) is 21.7. The molecule has 0 saturated heterocycles. The lowest BCUT2D eigenvalue weighted by Gasteiger charge is -2.24. The van der Waals surface area contributed by atoms with Gasteiger partial charge in [0.1, 0.15) is 11.2 Å². The second kappa shape index (κ2) is 6.16. The first-order valence-electron chi connectivity index (χ1n) is 7.80. The van der Waals surface area contributed by atoms with E-state index in [1.807, 2.05) is 20.8 Å². The molecular formula is C18H19FN4O2. The number of rotatable bonds is 2. The minimum absolute atomic E-state index is 0.388. The number of carbonyl (C=O) groups excluding carboxylic acids is 1. The van der Waals surface area contributed by atoms with Crippen LogP contribution in [0.1, 0.15) is 20.8 Å². The summed E-state index contributed by atoms with van der Waals surface area (Å²) in [6, 6.07) is 5.11. The molecule has 0 N–H and O–H groups in total. The largest absolute Gasteiger partial charge is 0.443 e. The van der Waals surface area contributed by atoms with Gasteiger partial charge in [0.2, 0.25) is 0 Å². The zero-order chi connectivity index (χ0) is 18.2. The molecule has 3 rings (SSSR count). The van der Waals surface area contributed by atoms with Gasteiger partial charge in [-0.3, -0.25) is 14.3 Å². The molecule has 0 radical (unpaired) electrons. The Morgan fingerprint density at radius 2 is 2.00 bits per heavy atom. The fourth-order valence-corrected chi connectivity index (χ4v) is 2.39. The normalized spacial score (nSPS) is 11.6. The van der Waals surface area contributed by atoms with Crippen molar-refractivity contribution < 1.29 is 13.9 Å². The number of pyridine rings is 2. The molecule has 1 amide bonds. The van der Waals surface area contributed by atoms with Crippen molar-refractivity contribution in [1.29, 1.82) is 0 Å². The molecule has 0 bridgehead atoms. The summed E-state index contributed by atoms with van der Waals surface area (Å²) in [5.74, 6) is -0.435. The summed E-state index contributed by atoms with van der Waals surface area (Å²) < 4.78 is 21.2. The second-order valence-electron chi connectivity index (χ2n) is 6.65. The molecule has 130 valence electrons. The lowest BCUT2D eigenvalue weighted by molar-refractivity contribution is 0.0589. The number of hydrogen-bond donors (Lipinski definition) is 0. The predicted octanol–water partition coefficient (Wildman–Crippen LogP) is 3.91. The Morgan fingerprint density at radius 1 is 1.24 bits per heavy atom. The molecule has 0 aliphatic carbocycles. The van der Waals surface area contributed by atoms with Crippen LogP contribution in [-0.4, -0.2) is 33.1 Å². The molecule has 3 heterocycles. The first kappa shape index (κ1) is 16.9. The van der Waals surface area contributed by atoms with Gasteiger partial charge in [0.25, 0.3) is 0 Å². The maximum atomic E-state index is 14.1. The van der Waals surface area contributed by atoms with E-state index in [0.29, 0.717) is 22.6 Å². The van der Waals surface area contributed by atoms with Crippen LogP contribution in [-0.2, 0) is 4.74 Å². The van der Waals surface area contributed by atoms with Crippen LogP contribution in [0, 0.1) is 5.82 Å². The highest BCUT2D eigenvalue weighted by atomic mass is 19.1. The van der Waals surface area contributed by atoms with Crippen molar-refractivity contribution in [3.8, 4) is 11.3 Å². The Bertz CT molecular complexity index is 930. The third-order valence-electron chi connectivity index (χ3n) is 3.59. The van der Waals surface area contributed by atoms with E-state index < -0.39 is 17.5 Å². The average molecular weight is 342 g/mol. The van der Waals surface area contributed by atoms with Crippen LogP contribution in [0.2, 0.25) is 0 Å². The van der Waals surface area contributed by atoms with Crippen molar-refractivity contribution in [1.82, 2.24) is 14.4 Å². The number of aromatic nitrogens is 3. The number of halogens is 1. The monoisotopic (exact) mass is 342 g/mol. The molecule has 7 heteroatoms. The summed E-state index contributed by atoms with van der Waals surface area (Å²) in [5.41, 5.74) is 1.63. The van der Waals surface area contributed by atoms with Gasteiger partial charge in [-0.1, -0.05) is 0 Å². The molecular weight excluding hydrogens is 323 g/mol.